The molecule has 1 unspecified atom stereocenters. The summed E-state index contributed by atoms with van der Waals surface area (Å²) in [6, 6.07) is 1.95. The molecule has 0 saturated carbocycles. The number of carboxylic acid groups (broad SMARTS) is 1. The van der Waals surface area contributed by atoms with Gasteiger partial charge in [-0.1, -0.05) is 20.8 Å². The van der Waals surface area contributed by atoms with Crippen LogP contribution in [0.4, 0.5) is 0 Å². The second kappa shape index (κ2) is 5.46. The van der Waals surface area contributed by atoms with Crippen LogP contribution in [0, 0.1) is 11.3 Å². The molecule has 1 atom stereocenters. The third-order valence-corrected chi connectivity index (χ3v) is 7.52. The van der Waals surface area contributed by atoms with Gasteiger partial charge in [0.1, 0.15) is 6.10 Å². The smallest absolute Gasteiger partial charge is 0.331 e. The summed E-state index contributed by atoms with van der Waals surface area (Å²) in [5, 5.41) is 17.5. The molecule has 5 heteroatoms. The van der Waals surface area contributed by atoms with Crippen LogP contribution in [0.1, 0.15) is 33.6 Å². The molecule has 0 spiro atoms. The zero-order chi connectivity index (χ0) is 13.0. The quantitative estimate of drug-likeness (QED) is 0.754. The van der Waals surface area contributed by atoms with E-state index in [1.54, 1.807) is 0 Å². The zero-order valence-electron chi connectivity index (χ0n) is 10.7. The predicted octanol–water partition coefficient (Wildman–Crippen LogP) is 2.77. The highest BCUT2D eigenvalue weighted by molar-refractivity contribution is 6.74. The summed E-state index contributed by atoms with van der Waals surface area (Å²) < 4.78 is 5.75. The summed E-state index contributed by atoms with van der Waals surface area (Å²) in [5.41, 5.74) is 0. The highest BCUT2D eigenvalue weighted by atomic mass is 28.4. The standard InChI is InChI=1S/C11H21NO3Si/c1-11(2,3)16(4,5)15-9(10(13)14)7-6-8-12/h9H,6-7H2,1-5H3,(H,13,14). The first-order valence-electron chi connectivity index (χ1n) is 5.39. The van der Waals surface area contributed by atoms with Gasteiger partial charge in [0.2, 0.25) is 0 Å². The van der Waals surface area contributed by atoms with E-state index in [1.165, 1.54) is 0 Å². The molecule has 0 radical (unpaired) electrons. The van der Waals surface area contributed by atoms with Gasteiger partial charge in [0.05, 0.1) is 6.07 Å². The van der Waals surface area contributed by atoms with Gasteiger partial charge < -0.3 is 9.53 Å². The van der Waals surface area contributed by atoms with Crippen LogP contribution in [0.3, 0.4) is 0 Å². The average molecular weight is 243 g/mol. The molecule has 0 aromatic carbocycles. The Balaban J connectivity index is 4.64. The van der Waals surface area contributed by atoms with Gasteiger partial charge in [0.15, 0.2) is 8.32 Å². The molecule has 0 aliphatic carbocycles. The van der Waals surface area contributed by atoms with Gasteiger partial charge in [-0.15, -0.1) is 0 Å². The van der Waals surface area contributed by atoms with E-state index in [-0.39, 0.29) is 17.9 Å². The lowest BCUT2D eigenvalue weighted by Gasteiger charge is -2.38. The Bertz CT molecular complexity index is 289. The Hall–Kier alpha value is -0.863. The van der Waals surface area contributed by atoms with Crippen molar-refractivity contribution in [3.05, 3.63) is 0 Å². The van der Waals surface area contributed by atoms with Crippen LogP contribution >= 0.6 is 0 Å². The van der Waals surface area contributed by atoms with Crippen molar-refractivity contribution in [1.82, 2.24) is 0 Å². The summed E-state index contributed by atoms with van der Waals surface area (Å²) in [4.78, 5) is 11.0. The molecule has 0 aromatic rings. The first-order chi connectivity index (χ1) is 7.12. The number of nitriles is 1. The highest BCUT2D eigenvalue weighted by Gasteiger charge is 2.40. The maximum absolute atomic E-state index is 11.0. The van der Waals surface area contributed by atoms with Gasteiger partial charge in [0.25, 0.3) is 0 Å². The molecular formula is C11H21NO3Si. The first-order valence-corrected chi connectivity index (χ1v) is 8.30. The molecule has 0 heterocycles. The van der Waals surface area contributed by atoms with E-state index in [4.69, 9.17) is 14.8 Å². The molecule has 16 heavy (non-hydrogen) atoms. The summed E-state index contributed by atoms with van der Waals surface area (Å²) in [7, 11) is -2.07. The monoisotopic (exact) mass is 243 g/mol. The fourth-order valence-electron chi connectivity index (χ4n) is 0.961. The molecule has 0 aromatic heterocycles. The maximum atomic E-state index is 11.0. The van der Waals surface area contributed by atoms with E-state index < -0.39 is 20.4 Å². The van der Waals surface area contributed by atoms with Gasteiger partial charge in [-0.25, -0.2) is 4.79 Å². The zero-order valence-corrected chi connectivity index (χ0v) is 11.7. The number of nitrogens with zero attached hydrogens (tertiary/aromatic N) is 1. The number of hydrogen-bond acceptors (Lipinski definition) is 3. The lowest BCUT2D eigenvalue weighted by Crippen LogP contribution is -2.46. The van der Waals surface area contributed by atoms with Crippen molar-refractivity contribution in [3.63, 3.8) is 0 Å². The molecule has 0 saturated heterocycles. The average Bonchev–Trinajstić information content (AvgIpc) is 2.09. The van der Waals surface area contributed by atoms with Crippen molar-refractivity contribution in [2.75, 3.05) is 0 Å². The van der Waals surface area contributed by atoms with Crippen LogP contribution in [0.5, 0.6) is 0 Å². The fraction of sp³-hybridized carbons (Fsp3) is 0.818. The SMILES string of the molecule is CC(C)(C)[Si](C)(C)OC(CCC#N)C(=O)O. The van der Waals surface area contributed by atoms with Crippen molar-refractivity contribution in [2.45, 2.75) is 57.8 Å². The largest absolute Gasteiger partial charge is 0.479 e. The highest BCUT2D eigenvalue weighted by Crippen LogP contribution is 2.37. The molecule has 92 valence electrons. The summed E-state index contributed by atoms with van der Waals surface area (Å²) in [6.07, 6.45) is -0.371. The normalized spacial score (nSPS) is 14.2. The van der Waals surface area contributed by atoms with Crippen molar-refractivity contribution in [2.24, 2.45) is 0 Å². The minimum absolute atomic E-state index is 0.0205. The van der Waals surface area contributed by atoms with E-state index in [0.29, 0.717) is 0 Å². The van der Waals surface area contributed by atoms with E-state index in [2.05, 4.69) is 20.8 Å². The Morgan fingerprint density at radius 1 is 1.50 bits per heavy atom. The first kappa shape index (κ1) is 15.1. The Morgan fingerprint density at radius 3 is 2.31 bits per heavy atom. The molecule has 0 amide bonds. The number of hydrogen-bond donors (Lipinski definition) is 1. The van der Waals surface area contributed by atoms with Crippen LogP contribution in [0.15, 0.2) is 0 Å². The second-order valence-electron chi connectivity index (χ2n) is 5.40. The summed E-state index contributed by atoms with van der Waals surface area (Å²) >= 11 is 0. The second-order valence-corrected chi connectivity index (χ2v) is 10.2. The van der Waals surface area contributed by atoms with Crippen LogP contribution in [-0.4, -0.2) is 25.5 Å². The van der Waals surface area contributed by atoms with Crippen LogP contribution < -0.4 is 0 Å². The van der Waals surface area contributed by atoms with Gasteiger partial charge in [-0.05, 0) is 24.6 Å². The van der Waals surface area contributed by atoms with Gasteiger partial charge >= 0.3 is 5.97 Å². The van der Waals surface area contributed by atoms with Crippen LogP contribution in [-0.2, 0) is 9.22 Å². The van der Waals surface area contributed by atoms with Crippen LogP contribution in [0.2, 0.25) is 18.1 Å². The molecule has 0 bridgehead atoms. The lowest BCUT2D eigenvalue weighted by molar-refractivity contribution is -0.145. The molecular weight excluding hydrogens is 222 g/mol. The van der Waals surface area contributed by atoms with Crippen molar-refractivity contribution in [3.8, 4) is 6.07 Å². The Labute approximate surface area is 98.4 Å². The third kappa shape index (κ3) is 4.33. The summed E-state index contributed by atoms with van der Waals surface area (Å²) in [6.45, 7) is 10.2. The minimum Gasteiger partial charge on any atom is -0.479 e. The topological polar surface area (TPSA) is 70.3 Å². The lowest BCUT2D eigenvalue weighted by atomic mass is 10.2. The number of carboxylic acids is 1. The van der Waals surface area contributed by atoms with Crippen molar-refractivity contribution < 1.29 is 14.3 Å². The van der Waals surface area contributed by atoms with E-state index in [1.807, 2.05) is 19.2 Å². The number of rotatable bonds is 5. The van der Waals surface area contributed by atoms with Crippen LogP contribution in [0.25, 0.3) is 0 Å². The maximum Gasteiger partial charge on any atom is 0.331 e. The predicted molar refractivity (Wildman–Crippen MR) is 64.6 cm³/mol. The summed E-state index contributed by atoms with van der Waals surface area (Å²) in [5.74, 6) is -0.972. The minimum atomic E-state index is -2.07. The fourth-order valence-corrected chi connectivity index (χ4v) is 2.24. The van der Waals surface area contributed by atoms with Gasteiger partial charge in [0, 0.05) is 6.42 Å². The van der Waals surface area contributed by atoms with E-state index in [0.717, 1.165) is 0 Å². The van der Waals surface area contributed by atoms with E-state index >= 15 is 0 Å². The molecule has 1 N–H and O–H groups in total. The van der Waals surface area contributed by atoms with Gasteiger partial charge in [-0.2, -0.15) is 5.26 Å². The molecule has 0 aliphatic heterocycles. The molecule has 0 aliphatic rings. The Kier molecular flexibility index (Phi) is 5.17. The molecule has 0 rings (SSSR count). The third-order valence-electron chi connectivity index (χ3n) is 3.04. The molecule has 4 nitrogen and oxygen atoms in total. The Morgan fingerprint density at radius 2 is 2.00 bits per heavy atom. The van der Waals surface area contributed by atoms with Crippen molar-refractivity contribution in [1.29, 1.82) is 5.26 Å². The number of aliphatic carboxylic acids is 1. The van der Waals surface area contributed by atoms with E-state index in [9.17, 15) is 4.79 Å². The molecule has 0 fully saturated rings. The van der Waals surface area contributed by atoms with Gasteiger partial charge in [-0.3, -0.25) is 0 Å². The number of carbonyl (C=O) groups is 1. The van der Waals surface area contributed by atoms with Crippen molar-refractivity contribution >= 4 is 14.3 Å².